The van der Waals surface area contributed by atoms with Crippen molar-refractivity contribution in [2.24, 2.45) is 0 Å². The summed E-state index contributed by atoms with van der Waals surface area (Å²) in [4.78, 5) is 10.4. The van der Waals surface area contributed by atoms with Crippen LogP contribution in [0.4, 0.5) is 0 Å². The molecule has 3 N–H and O–H groups in total. The molecule has 0 radical (unpaired) electrons. The number of carbonyl (C=O) groups is 1. The van der Waals surface area contributed by atoms with Crippen molar-refractivity contribution in [1.29, 1.82) is 0 Å². The fraction of sp³-hybridized carbons (Fsp3) is 0.533. The standard InChI is InChI=1S/C15H23NO3/c1-10-7-11(2)15(12(3)8-10)13(17)9-16-6-4-5-14(18)19/h7-8,13,16-17H,4-6,9H2,1-3H3,(H,18,19). The van der Waals surface area contributed by atoms with Crippen LogP contribution in [0, 0.1) is 20.8 Å². The Labute approximate surface area is 114 Å². The van der Waals surface area contributed by atoms with Crippen molar-refractivity contribution in [1.82, 2.24) is 5.32 Å². The Morgan fingerprint density at radius 3 is 2.37 bits per heavy atom. The third-order valence-electron chi connectivity index (χ3n) is 3.15. The summed E-state index contributed by atoms with van der Waals surface area (Å²) in [5.74, 6) is -0.785. The molecule has 1 unspecified atom stereocenters. The van der Waals surface area contributed by atoms with Gasteiger partial charge < -0.3 is 15.5 Å². The van der Waals surface area contributed by atoms with Gasteiger partial charge in [-0.3, -0.25) is 4.79 Å². The minimum Gasteiger partial charge on any atom is -0.481 e. The molecule has 106 valence electrons. The van der Waals surface area contributed by atoms with E-state index < -0.39 is 12.1 Å². The topological polar surface area (TPSA) is 69.6 Å². The van der Waals surface area contributed by atoms with Gasteiger partial charge in [-0.05, 0) is 50.4 Å². The van der Waals surface area contributed by atoms with Crippen molar-refractivity contribution in [2.45, 2.75) is 39.7 Å². The van der Waals surface area contributed by atoms with Gasteiger partial charge in [0.1, 0.15) is 0 Å². The lowest BCUT2D eigenvalue weighted by molar-refractivity contribution is -0.137. The highest BCUT2D eigenvalue weighted by molar-refractivity contribution is 5.66. The van der Waals surface area contributed by atoms with Gasteiger partial charge in [-0.25, -0.2) is 0 Å². The minimum atomic E-state index is -0.785. The molecule has 0 aliphatic rings. The average Bonchev–Trinajstić information content (AvgIpc) is 2.26. The number of hydrogen-bond acceptors (Lipinski definition) is 3. The van der Waals surface area contributed by atoms with Gasteiger partial charge in [-0.15, -0.1) is 0 Å². The first-order chi connectivity index (χ1) is 8.91. The first kappa shape index (κ1) is 15.7. The van der Waals surface area contributed by atoms with E-state index in [0.717, 1.165) is 16.7 Å². The second-order valence-electron chi connectivity index (χ2n) is 5.03. The minimum absolute atomic E-state index is 0.158. The van der Waals surface area contributed by atoms with Gasteiger partial charge in [0, 0.05) is 13.0 Å². The number of rotatable bonds is 7. The molecule has 0 amide bonds. The number of hydrogen-bond donors (Lipinski definition) is 3. The van der Waals surface area contributed by atoms with Gasteiger partial charge in [-0.1, -0.05) is 17.7 Å². The summed E-state index contributed by atoms with van der Waals surface area (Å²) in [5, 5.41) is 21.8. The lowest BCUT2D eigenvalue weighted by Crippen LogP contribution is -2.24. The van der Waals surface area contributed by atoms with Gasteiger partial charge >= 0.3 is 5.97 Å². The summed E-state index contributed by atoms with van der Waals surface area (Å²) >= 11 is 0. The Hall–Kier alpha value is -1.39. The molecule has 4 nitrogen and oxygen atoms in total. The number of aryl methyl sites for hydroxylation is 3. The normalized spacial score (nSPS) is 12.4. The molecular weight excluding hydrogens is 242 g/mol. The number of nitrogens with one attached hydrogen (secondary N) is 1. The molecule has 1 aromatic rings. The van der Waals surface area contributed by atoms with Crippen molar-refractivity contribution in [2.75, 3.05) is 13.1 Å². The van der Waals surface area contributed by atoms with E-state index in [-0.39, 0.29) is 6.42 Å². The zero-order valence-corrected chi connectivity index (χ0v) is 11.9. The quantitative estimate of drug-likeness (QED) is 0.660. The molecule has 0 saturated carbocycles. The van der Waals surface area contributed by atoms with E-state index in [1.54, 1.807) is 0 Å². The van der Waals surface area contributed by atoms with Crippen LogP contribution in [0.2, 0.25) is 0 Å². The maximum Gasteiger partial charge on any atom is 0.303 e. The number of aliphatic hydroxyl groups excluding tert-OH is 1. The average molecular weight is 265 g/mol. The van der Waals surface area contributed by atoms with Gasteiger partial charge in [-0.2, -0.15) is 0 Å². The molecule has 0 bridgehead atoms. The fourth-order valence-corrected chi connectivity index (χ4v) is 2.42. The Bertz CT molecular complexity index is 420. The zero-order chi connectivity index (χ0) is 14.4. The third kappa shape index (κ3) is 5.01. The molecule has 0 fully saturated rings. The van der Waals surface area contributed by atoms with Gasteiger partial charge in [0.15, 0.2) is 0 Å². The Morgan fingerprint density at radius 1 is 1.26 bits per heavy atom. The third-order valence-corrected chi connectivity index (χ3v) is 3.15. The second kappa shape index (κ2) is 7.26. The van der Waals surface area contributed by atoms with E-state index in [0.29, 0.717) is 19.5 Å². The number of aliphatic hydroxyl groups is 1. The molecule has 0 aromatic heterocycles. The van der Waals surface area contributed by atoms with Gasteiger partial charge in [0.2, 0.25) is 0 Å². The Balaban J connectivity index is 2.50. The summed E-state index contributed by atoms with van der Waals surface area (Å²) in [6, 6.07) is 4.13. The molecule has 1 aromatic carbocycles. The van der Waals surface area contributed by atoms with Crippen molar-refractivity contribution >= 4 is 5.97 Å². The molecule has 0 aliphatic carbocycles. The molecule has 0 spiro atoms. The predicted octanol–water partition coefficient (Wildman–Crippen LogP) is 2.10. The summed E-state index contributed by atoms with van der Waals surface area (Å²) in [5.41, 5.74) is 4.35. The second-order valence-corrected chi connectivity index (χ2v) is 5.03. The Kier molecular flexibility index (Phi) is 5.99. The van der Waals surface area contributed by atoms with Crippen LogP contribution < -0.4 is 5.32 Å². The van der Waals surface area contributed by atoms with Gasteiger partial charge in [0.25, 0.3) is 0 Å². The number of carboxylic acid groups (broad SMARTS) is 1. The lowest BCUT2D eigenvalue weighted by Gasteiger charge is -2.18. The molecule has 0 aliphatic heterocycles. The van der Waals surface area contributed by atoms with Crippen LogP contribution >= 0.6 is 0 Å². The Morgan fingerprint density at radius 2 is 1.84 bits per heavy atom. The van der Waals surface area contributed by atoms with Crippen LogP contribution in [0.3, 0.4) is 0 Å². The highest BCUT2D eigenvalue weighted by atomic mass is 16.4. The number of aliphatic carboxylic acids is 1. The smallest absolute Gasteiger partial charge is 0.303 e. The summed E-state index contributed by atoms with van der Waals surface area (Å²) in [6.45, 7) is 7.10. The highest BCUT2D eigenvalue weighted by Gasteiger charge is 2.13. The molecule has 19 heavy (non-hydrogen) atoms. The van der Waals surface area contributed by atoms with Crippen molar-refractivity contribution < 1.29 is 15.0 Å². The van der Waals surface area contributed by atoms with Crippen molar-refractivity contribution in [3.63, 3.8) is 0 Å². The fourth-order valence-electron chi connectivity index (χ4n) is 2.42. The summed E-state index contributed by atoms with van der Waals surface area (Å²) in [7, 11) is 0. The monoisotopic (exact) mass is 265 g/mol. The highest BCUT2D eigenvalue weighted by Crippen LogP contribution is 2.23. The SMILES string of the molecule is Cc1cc(C)c(C(O)CNCCCC(=O)O)c(C)c1. The molecule has 4 heteroatoms. The van der Waals surface area contributed by atoms with E-state index in [1.807, 2.05) is 20.8 Å². The predicted molar refractivity (Wildman–Crippen MR) is 75.4 cm³/mol. The maximum absolute atomic E-state index is 10.4. The molecule has 0 heterocycles. The number of carboxylic acids is 1. The van der Waals surface area contributed by atoms with E-state index in [2.05, 4.69) is 17.4 Å². The van der Waals surface area contributed by atoms with Crippen LogP contribution in [-0.4, -0.2) is 29.3 Å². The van der Waals surface area contributed by atoms with E-state index in [1.165, 1.54) is 5.56 Å². The molecule has 0 saturated heterocycles. The van der Waals surface area contributed by atoms with Crippen LogP contribution in [0.15, 0.2) is 12.1 Å². The van der Waals surface area contributed by atoms with Crippen molar-refractivity contribution in [3.05, 3.63) is 34.4 Å². The van der Waals surface area contributed by atoms with E-state index >= 15 is 0 Å². The van der Waals surface area contributed by atoms with Crippen LogP contribution in [0.1, 0.15) is 41.2 Å². The van der Waals surface area contributed by atoms with Crippen LogP contribution in [-0.2, 0) is 4.79 Å². The van der Waals surface area contributed by atoms with Crippen LogP contribution in [0.25, 0.3) is 0 Å². The van der Waals surface area contributed by atoms with Crippen molar-refractivity contribution in [3.8, 4) is 0 Å². The lowest BCUT2D eigenvalue weighted by atomic mass is 9.95. The van der Waals surface area contributed by atoms with E-state index in [4.69, 9.17) is 5.11 Å². The first-order valence-electron chi connectivity index (χ1n) is 6.60. The van der Waals surface area contributed by atoms with E-state index in [9.17, 15) is 9.90 Å². The first-order valence-corrected chi connectivity index (χ1v) is 6.60. The molecular formula is C15H23NO3. The molecule has 1 atom stereocenters. The largest absolute Gasteiger partial charge is 0.481 e. The molecule has 1 rings (SSSR count). The maximum atomic E-state index is 10.4. The van der Waals surface area contributed by atoms with Crippen LogP contribution in [0.5, 0.6) is 0 Å². The zero-order valence-electron chi connectivity index (χ0n) is 11.9. The van der Waals surface area contributed by atoms with Gasteiger partial charge in [0.05, 0.1) is 6.10 Å². The summed E-state index contributed by atoms with van der Waals surface area (Å²) < 4.78 is 0. The number of benzene rings is 1. The summed E-state index contributed by atoms with van der Waals surface area (Å²) in [6.07, 6.45) is 0.185.